The molecule has 66 valence electrons. The van der Waals surface area contributed by atoms with Crippen molar-refractivity contribution in [1.82, 2.24) is 9.78 Å². The van der Waals surface area contributed by atoms with E-state index in [4.69, 9.17) is 0 Å². The Balaban J connectivity index is 2.35. The summed E-state index contributed by atoms with van der Waals surface area (Å²) < 4.78 is 38.2. The van der Waals surface area contributed by atoms with Crippen LogP contribution in [0.3, 0.4) is 0 Å². The third kappa shape index (κ3) is 0.852. The van der Waals surface area contributed by atoms with Gasteiger partial charge in [-0.3, -0.25) is 4.68 Å². The topological polar surface area (TPSA) is 17.8 Å². The van der Waals surface area contributed by atoms with E-state index in [9.17, 15) is 13.2 Å². The average molecular weight is 176 g/mol. The van der Waals surface area contributed by atoms with Crippen molar-refractivity contribution in [3.63, 3.8) is 0 Å². The van der Waals surface area contributed by atoms with Crippen LogP contribution in [-0.4, -0.2) is 16.0 Å². The number of aromatic nitrogens is 2. The molecule has 1 saturated carbocycles. The van der Waals surface area contributed by atoms with Crippen LogP contribution < -0.4 is 0 Å². The van der Waals surface area contributed by atoms with Crippen LogP contribution >= 0.6 is 0 Å². The summed E-state index contributed by atoms with van der Waals surface area (Å²) in [4.78, 5) is 0. The molecule has 0 amide bonds. The van der Waals surface area contributed by atoms with Crippen LogP contribution in [0.5, 0.6) is 0 Å². The lowest BCUT2D eigenvalue weighted by molar-refractivity contribution is -0.182. The van der Waals surface area contributed by atoms with Crippen LogP contribution in [-0.2, 0) is 5.54 Å². The molecule has 0 atom stereocenters. The Bertz CT molecular complexity index is 271. The highest BCUT2D eigenvalue weighted by molar-refractivity contribution is 5.05. The van der Waals surface area contributed by atoms with E-state index >= 15 is 0 Å². The first-order valence-corrected chi connectivity index (χ1v) is 3.63. The Morgan fingerprint density at radius 2 is 2.00 bits per heavy atom. The van der Waals surface area contributed by atoms with Gasteiger partial charge in [0.1, 0.15) is 0 Å². The molecule has 2 rings (SSSR count). The van der Waals surface area contributed by atoms with Crippen molar-refractivity contribution in [3.05, 3.63) is 18.5 Å². The van der Waals surface area contributed by atoms with Crippen molar-refractivity contribution in [2.24, 2.45) is 0 Å². The molecule has 1 aromatic rings. The number of halogens is 3. The van der Waals surface area contributed by atoms with Crippen molar-refractivity contribution in [2.75, 3.05) is 0 Å². The van der Waals surface area contributed by atoms with Gasteiger partial charge in [0.2, 0.25) is 0 Å². The number of rotatable bonds is 1. The van der Waals surface area contributed by atoms with Crippen LogP contribution in [0.2, 0.25) is 0 Å². The van der Waals surface area contributed by atoms with Crippen molar-refractivity contribution < 1.29 is 13.2 Å². The van der Waals surface area contributed by atoms with Gasteiger partial charge in [-0.05, 0) is 18.9 Å². The molecular formula is C7H7F3N2. The van der Waals surface area contributed by atoms with E-state index in [0.717, 1.165) is 4.68 Å². The zero-order chi connectivity index (χ0) is 8.82. The lowest BCUT2D eigenvalue weighted by Crippen LogP contribution is -2.35. The summed E-state index contributed by atoms with van der Waals surface area (Å²) in [7, 11) is 0. The molecule has 0 N–H and O–H groups in total. The normalized spacial score (nSPS) is 20.9. The zero-order valence-electron chi connectivity index (χ0n) is 6.17. The summed E-state index contributed by atoms with van der Waals surface area (Å²) in [6.45, 7) is 0. The average Bonchev–Trinajstić information content (AvgIpc) is 2.61. The fourth-order valence-corrected chi connectivity index (χ4v) is 1.28. The van der Waals surface area contributed by atoms with Crippen LogP contribution in [0.4, 0.5) is 13.2 Å². The first kappa shape index (κ1) is 7.64. The van der Waals surface area contributed by atoms with E-state index < -0.39 is 11.7 Å². The van der Waals surface area contributed by atoms with Crippen LogP contribution in [0.1, 0.15) is 12.8 Å². The highest BCUT2D eigenvalue weighted by Crippen LogP contribution is 2.54. The molecule has 0 unspecified atom stereocenters. The van der Waals surface area contributed by atoms with Gasteiger partial charge < -0.3 is 0 Å². The van der Waals surface area contributed by atoms with Crippen LogP contribution in [0.25, 0.3) is 0 Å². The smallest absolute Gasteiger partial charge is 0.257 e. The largest absolute Gasteiger partial charge is 0.413 e. The van der Waals surface area contributed by atoms with Gasteiger partial charge in [-0.2, -0.15) is 18.3 Å². The number of alkyl halides is 3. The van der Waals surface area contributed by atoms with Gasteiger partial charge in [0.05, 0.1) is 0 Å². The highest BCUT2D eigenvalue weighted by atomic mass is 19.4. The second-order valence-electron chi connectivity index (χ2n) is 2.98. The third-order valence-corrected chi connectivity index (χ3v) is 2.19. The minimum atomic E-state index is -4.17. The molecule has 1 fully saturated rings. The summed E-state index contributed by atoms with van der Waals surface area (Å²) in [5.74, 6) is 0. The number of hydrogen-bond acceptors (Lipinski definition) is 1. The maximum atomic E-state index is 12.4. The second kappa shape index (κ2) is 2.02. The zero-order valence-corrected chi connectivity index (χ0v) is 6.17. The SMILES string of the molecule is FC(F)(F)C1(n2cccn2)CC1. The minimum Gasteiger partial charge on any atom is -0.257 e. The quantitative estimate of drug-likeness (QED) is 0.639. The maximum Gasteiger partial charge on any atom is 0.413 e. The Kier molecular flexibility index (Phi) is 1.29. The summed E-state index contributed by atoms with van der Waals surface area (Å²) in [5, 5.41) is 3.61. The third-order valence-electron chi connectivity index (χ3n) is 2.19. The molecule has 1 aliphatic rings. The Morgan fingerprint density at radius 3 is 2.33 bits per heavy atom. The molecule has 0 aromatic carbocycles. The predicted molar refractivity (Wildman–Crippen MR) is 35.5 cm³/mol. The highest BCUT2D eigenvalue weighted by Gasteiger charge is 2.65. The lowest BCUT2D eigenvalue weighted by atomic mass is 10.3. The number of nitrogens with zero attached hydrogens (tertiary/aromatic N) is 2. The Morgan fingerprint density at radius 1 is 1.33 bits per heavy atom. The fraction of sp³-hybridized carbons (Fsp3) is 0.571. The summed E-state index contributed by atoms with van der Waals surface area (Å²) in [6.07, 6.45) is -1.14. The maximum absolute atomic E-state index is 12.4. The Labute approximate surface area is 67.0 Å². The molecule has 5 heteroatoms. The van der Waals surface area contributed by atoms with E-state index in [-0.39, 0.29) is 12.8 Å². The van der Waals surface area contributed by atoms with Gasteiger partial charge in [-0.15, -0.1) is 0 Å². The monoisotopic (exact) mass is 176 g/mol. The molecule has 1 aliphatic carbocycles. The van der Waals surface area contributed by atoms with Gasteiger partial charge in [0, 0.05) is 12.4 Å². The first-order valence-electron chi connectivity index (χ1n) is 3.63. The standard InChI is InChI=1S/C7H7F3N2/c8-7(9,10)6(2-3-6)12-5-1-4-11-12/h1,4-5H,2-3H2. The van der Waals surface area contributed by atoms with E-state index in [1.807, 2.05) is 0 Å². The van der Waals surface area contributed by atoms with Crippen molar-refractivity contribution in [2.45, 2.75) is 24.6 Å². The van der Waals surface area contributed by atoms with Crippen molar-refractivity contribution in [3.8, 4) is 0 Å². The fourth-order valence-electron chi connectivity index (χ4n) is 1.28. The molecule has 0 bridgehead atoms. The van der Waals surface area contributed by atoms with Gasteiger partial charge in [-0.25, -0.2) is 0 Å². The van der Waals surface area contributed by atoms with Gasteiger partial charge in [-0.1, -0.05) is 0 Å². The second-order valence-corrected chi connectivity index (χ2v) is 2.98. The molecule has 0 spiro atoms. The van der Waals surface area contributed by atoms with Crippen molar-refractivity contribution >= 4 is 0 Å². The molecular weight excluding hydrogens is 169 g/mol. The molecule has 1 heterocycles. The molecule has 0 radical (unpaired) electrons. The lowest BCUT2D eigenvalue weighted by Gasteiger charge is -2.19. The number of hydrogen-bond donors (Lipinski definition) is 0. The molecule has 2 nitrogen and oxygen atoms in total. The summed E-state index contributed by atoms with van der Waals surface area (Å²) in [6, 6.07) is 1.51. The van der Waals surface area contributed by atoms with E-state index in [2.05, 4.69) is 5.10 Å². The molecule has 1 aromatic heterocycles. The Hall–Kier alpha value is -1.00. The minimum absolute atomic E-state index is 0.151. The summed E-state index contributed by atoms with van der Waals surface area (Å²) >= 11 is 0. The van der Waals surface area contributed by atoms with E-state index in [0.29, 0.717) is 0 Å². The first-order chi connectivity index (χ1) is 5.56. The van der Waals surface area contributed by atoms with E-state index in [1.54, 1.807) is 0 Å². The van der Waals surface area contributed by atoms with Crippen molar-refractivity contribution in [1.29, 1.82) is 0 Å². The van der Waals surface area contributed by atoms with Gasteiger partial charge in [0.25, 0.3) is 0 Å². The molecule has 12 heavy (non-hydrogen) atoms. The van der Waals surface area contributed by atoms with Crippen LogP contribution in [0, 0.1) is 0 Å². The van der Waals surface area contributed by atoms with E-state index in [1.165, 1.54) is 18.5 Å². The van der Waals surface area contributed by atoms with Crippen LogP contribution in [0.15, 0.2) is 18.5 Å². The summed E-state index contributed by atoms with van der Waals surface area (Å²) in [5.41, 5.74) is -1.68. The van der Waals surface area contributed by atoms with Gasteiger partial charge in [0.15, 0.2) is 5.54 Å². The molecule has 0 saturated heterocycles. The predicted octanol–water partition coefficient (Wildman–Crippen LogP) is 1.93. The van der Waals surface area contributed by atoms with Gasteiger partial charge >= 0.3 is 6.18 Å². The molecule has 0 aliphatic heterocycles.